The molecule has 0 saturated heterocycles. The van der Waals surface area contributed by atoms with E-state index in [9.17, 15) is 0 Å². The monoisotopic (exact) mass is 168 g/mol. The summed E-state index contributed by atoms with van der Waals surface area (Å²) in [6.45, 7) is 6.07. The van der Waals surface area contributed by atoms with Crippen LogP contribution < -0.4 is 0 Å². The fourth-order valence-electron chi connectivity index (χ4n) is 1.02. The Hall–Kier alpha value is -0.520. The Bertz CT molecular complexity index is 162. The number of rotatable bonds is 5. The Kier molecular flexibility index (Phi) is 6.84. The molecule has 1 heteroatoms. The van der Waals surface area contributed by atoms with Gasteiger partial charge in [0.15, 0.2) is 0 Å². The molecule has 0 amide bonds. The maximum absolute atomic E-state index is 9.14. The van der Waals surface area contributed by atoms with Crippen molar-refractivity contribution in [1.29, 1.82) is 0 Å². The van der Waals surface area contributed by atoms with Crippen molar-refractivity contribution in [3.63, 3.8) is 0 Å². The fraction of sp³-hybridized carbons (Fsp3) is 0.727. The second-order valence-electron chi connectivity index (χ2n) is 3.15. The summed E-state index contributed by atoms with van der Waals surface area (Å²) >= 11 is 0. The van der Waals surface area contributed by atoms with Crippen LogP contribution in [0.1, 0.15) is 46.5 Å². The molecule has 0 aliphatic carbocycles. The molecule has 1 N–H and O–H groups in total. The zero-order valence-electron chi connectivity index (χ0n) is 8.43. The highest BCUT2D eigenvalue weighted by Gasteiger charge is 1.98. The molecule has 0 aliphatic heterocycles. The summed E-state index contributed by atoms with van der Waals surface area (Å²) in [6.07, 6.45) is 5.84. The minimum absolute atomic E-state index is 0.234. The molecule has 0 aromatic heterocycles. The molecular weight excluding hydrogens is 148 g/mol. The number of aliphatic hydroxyl groups excluding tert-OH is 1. The number of aliphatic hydroxyl groups is 1. The molecule has 0 aliphatic rings. The third-order valence-electron chi connectivity index (χ3n) is 1.71. The third-order valence-corrected chi connectivity index (χ3v) is 1.71. The molecule has 0 rings (SSSR count). The molecule has 0 bridgehead atoms. The first-order valence-electron chi connectivity index (χ1n) is 4.81. The highest BCUT2D eigenvalue weighted by Crippen LogP contribution is 2.07. The highest BCUT2D eigenvalue weighted by molar-refractivity contribution is 5.02. The summed E-state index contributed by atoms with van der Waals surface area (Å²) in [7, 11) is 0. The van der Waals surface area contributed by atoms with Crippen LogP contribution in [0.15, 0.2) is 17.4 Å². The van der Waals surface area contributed by atoms with Crippen LogP contribution in [0.4, 0.5) is 0 Å². The molecule has 0 radical (unpaired) electrons. The van der Waals surface area contributed by atoms with Gasteiger partial charge in [-0.15, -0.1) is 5.73 Å². The molecule has 1 nitrogen and oxygen atoms in total. The van der Waals surface area contributed by atoms with Crippen LogP contribution in [-0.2, 0) is 0 Å². The summed E-state index contributed by atoms with van der Waals surface area (Å²) in [6, 6.07) is 0. The lowest BCUT2D eigenvalue weighted by atomic mass is 10.1. The zero-order chi connectivity index (χ0) is 9.40. The van der Waals surface area contributed by atoms with Crippen molar-refractivity contribution < 1.29 is 5.11 Å². The lowest BCUT2D eigenvalue weighted by Gasteiger charge is -2.03. The van der Waals surface area contributed by atoms with E-state index in [4.69, 9.17) is 5.11 Å². The van der Waals surface area contributed by atoms with Crippen LogP contribution in [0.25, 0.3) is 0 Å². The summed E-state index contributed by atoms with van der Waals surface area (Å²) in [4.78, 5) is 0. The molecule has 0 spiro atoms. The normalized spacial score (nSPS) is 12.0. The average molecular weight is 168 g/mol. The van der Waals surface area contributed by atoms with Crippen molar-refractivity contribution in [2.75, 3.05) is 0 Å². The van der Waals surface area contributed by atoms with Gasteiger partial charge in [0.25, 0.3) is 0 Å². The summed E-state index contributed by atoms with van der Waals surface area (Å²) in [5, 5.41) is 9.14. The Morgan fingerprint density at radius 2 is 2.17 bits per heavy atom. The smallest absolute Gasteiger partial charge is 0.0555 e. The zero-order valence-corrected chi connectivity index (χ0v) is 8.43. The lowest BCUT2D eigenvalue weighted by molar-refractivity contribution is 0.194. The first-order chi connectivity index (χ1) is 5.70. The van der Waals surface area contributed by atoms with Crippen molar-refractivity contribution >= 4 is 0 Å². The molecule has 70 valence electrons. The van der Waals surface area contributed by atoms with E-state index >= 15 is 0 Å². The van der Waals surface area contributed by atoms with Crippen molar-refractivity contribution in [1.82, 2.24) is 0 Å². The standard InChI is InChI=1S/C11H20O/c1-4-6-7-8-11(5-2)9-10(3)12/h7,10,12H,4-6,9H2,1-3H3. The van der Waals surface area contributed by atoms with Crippen molar-refractivity contribution in [2.45, 2.75) is 52.6 Å². The Morgan fingerprint density at radius 1 is 1.50 bits per heavy atom. The lowest BCUT2D eigenvalue weighted by Crippen LogP contribution is -1.99. The van der Waals surface area contributed by atoms with Gasteiger partial charge < -0.3 is 5.11 Å². The third kappa shape index (κ3) is 6.21. The van der Waals surface area contributed by atoms with Crippen LogP contribution >= 0.6 is 0 Å². The molecule has 0 heterocycles. The van der Waals surface area contributed by atoms with E-state index in [0.29, 0.717) is 0 Å². The van der Waals surface area contributed by atoms with Gasteiger partial charge in [-0.2, -0.15) is 0 Å². The second-order valence-corrected chi connectivity index (χ2v) is 3.15. The van der Waals surface area contributed by atoms with Gasteiger partial charge in [-0.25, -0.2) is 0 Å². The molecule has 12 heavy (non-hydrogen) atoms. The minimum Gasteiger partial charge on any atom is -0.393 e. The van der Waals surface area contributed by atoms with E-state index in [1.165, 1.54) is 12.0 Å². The van der Waals surface area contributed by atoms with Gasteiger partial charge in [0.05, 0.1) is 6.10 Å². The number of unbranched alkanes of at least 4 members (excludes halogenated alkanes) is 1. The van der Waals surface area contributed by atoms with Crippen molar-refractivity contribution in [3.05, 3.63) is 17.4 Å². The van der Waals surface area contributed by atoms with Crippen LogP contribution in [0.3, 0.4) is 0 Å². The van der Waals surface area contributed by atoms with Crippen LogP contribution in [0, 0.1) is 0 Å². The SMILES string of the molecule is CCCC=C=C(CC)CC(C)O. The topological polar surface area (TPSA) is 20.2 Å². The quantitative estimate of drug-likeness (QED) is 0.625. The number of hydrogen-bond acceptors (Lipinski definition) is 1. The van der Waals surface area contributed by atoms with E-state index in [-0.39, 0.29) is 6.10 Å². The fourth-order valence-corrected chi connectivity index (χ4v) is 1.02. The van der Waals surface area contributed by atoms with Crippen LogP contribution in [-0.4, -0.2) is 11.2 Å². The molecule has 0 fully saturated rings. The average Bonchev–Trinajstić information content (AvgIpc) is 2.02. The molecule has 1 unspecified atom stereocenters. The first kappa shape index (κ1) is 11.5. The van der Waals surface area contributed by atoms with Crippen LogP contribution in [0.5, 0.6) is 0 Å². The largest absolute Gasteiger partial charge is 0.393 e. The van der Waals surface area contributed by atoms with Crippen molar-refractivity contribution in [2.24, 2.45) is 0 Å². The summed E-state index contributed by atoms with van der Waals surface area (Å²) in [5.74, 6) is 0. The molecule has 0 aromatic carbocycles. The van der Waals surface area contributed by atoms with Gasteiger partial charge >= 0.3 is 0 Å². The van der Waals surface area contributed by atoms with Gasteiger partial charge in [-0.05, 0) is 31.4 Å². The highest BCUT2D eigenvalue weighted by atomic mass is 16.3. The van der Waals surface area contributed by atoms with Gasteiger partial charge in [0.1, 0.15) is 0 Å². The molecular formula is C11H20O. The van der Waals surface area contributed by atoms with E-state index < -0.39 is 0 Å². The van der Waals surface area contributed by atoms with Gasteiger partial charge in [-0.3, -0.25) is 0 Å². The predicted molar refractivity (Wildman–Crippen MR) is 53.1 cm³/mol. The Labute approximate surface area is 75.8 Å². The molecule has 1 atom stereocenters. The van der Waals surface area contributed by atoms with E-state index in [1.54, 1.807) is 0 Å². The van der Waals surface area contributed by atoms with Crippen molar-refractivity contribution in [3.8, 4) is 0 Å². The second kappa shape index (κ2) is 7.15. The van der Waals surface area contributed by atoms with E-state index in [1.807, 2.05) is 6.92 Å². The van der Waals surface area contributed by atoms with Gasteiger partial charge in [0.2, 0.25) is 0 Å². The van der Waals surface area contributed by atoms with Crippen LogP contribution in [0.2, 0.25) is 0 Å². The maximum Gasteiger partial charge on any atom is 0.0555 e. The first-order valence-corrected chi connectivity index (χ1v) is 4.81. The maximum atomic E-state index is 9.14. The molecule has 0 saturated carbocycles. The Morgan fingerprint density at radius 3 is 2.58 bits per heavy atom. The minimum atomic E-state index is -0.234. The van der Waals surface area contributed by atoms with E-state index in [0.717, 1.165) is 19.3 Å². The Balaban J connectivity index is 4.03. The summed E-state index contributed by atoms with van der Waals surface area (Å²) < 4.78 is 0. The number of hydrogen-bond donors (Lipinski definition) is 1. The van der Waals surface area contributed by atoms with E-state index in [2.05, 4.69) is 25.7 Å². The van der Waals surface area contributed by atoms with Gasteiger partial charge in [-0.1, -0.05) is 20.3 Å². The molecule has 0 aromatic rings. The predicted octanol–water partition coefficient (Wildman–Crippen LogP) is 3.05. The van der Waals surface area contributed by atoms with Gasteiger partial charge in [0, 0.05) is 6.42 Å². The summed E-state index contributed by atoms with van der Waals surface area (Å²) in [5.41, 5.74) is 4.45.